The van der Waals surface area contributed by atoms with Crippen LogP contribution in [0.15, 0.2) is 12.3 Å². The number of halogens is 1. The van der Waals surface area contributed by atoms with Gasteiger partial charge in [-0.2, -0.15) is 4.39 Å². The molecule has 1 aromatic heterocycles. The molecule has 1 rings (SSSR count). The number of pyridine rings is 1. The van der Waals surface area contributed by atoms with Gasteiger partial charge in [0.25, 0.3) is 0 Å². The number of carbonyl (C=O) groups is 1. The molecule has 0 aliphatic heterocycles. The summed E-state index contributed by atoms with van der Waals surface area (Å²) in [6, 6.07) is 1.27. The van der Waals surface area contributed by atoms with Crippen molar-refractivity contribution in [1.82, 2.24) is 4.98 Å². The van der Waals surface area contributed by atoms with Crippen molar-refractivity contribution in [1.29, 1.82) is 0 Å². The Morgan fingerprint density at radius 3 is 2.82 bits per heavy atom. The van der Waals surface area contributed by atoms with E-state index in [0.717, 1.165) is 0 Å². The molecule has 0 bridgehead atoms. The minimum Gasteiger partial charge on any atom is -0.294 e. The third kappa shape index (κ3) is 1.64. The lowest BCUT2D eigenvalue weighted by atomic mass is 9.96. The van der Waals surface area contributed by atoms with Gasteiger partial charge in [-0.05, 0) is 6.92 Å². The third-order valence-corrected chi connectivity index (χ3v) is 1.24. The van der Waals surface area contributed by atoms with Crippen LogP contribution in [-0.4, -0.2) is 18.6 Å². The molecule has 11 heavy (non-hydrogen) atoms. The Morgan fingerprint density at radius 2 is 2.36 bits per heavy atom. The van der Waals surface area contributed by atoms with Gasteiger partial charge >= 0.3 is 0 Å². The van der Waals surface area contributed by atoms with Crippen LogP contribution >= 0.6 is 0 Å². The first-order chi connectivity index (χ1) is 5.11. The summed E-state index contributed by atoms with van der Waals surface area (Å²) in [6.07, 6.45) is 1.17. The fourth-order valence-electron chi connectivity index (χ4n) is 0.711. The smallest absolute Gasteiger partial charge is 0.223 e. The Kier molecular flexibility index (Phi) is 2.03. The van der Waals surface area contributed by atoms with E-state index in [2.05, 4.69) is 4.98 Å². The minimum absolute atomic E-state index is 0.0648. The van der Waals surface area contributed by atoms with Crippen molar-refractivity contribution in [2.24, 2.45) is 0 Å². The molecule has 0 aliphatic rings. The molecule has 0 aliphatic carbocycles. The number of ketones is 1. The van der Waals surface area contributed by atoms with Gasteiger partial charge in [-0.15, -0.1) is 0 Å². The Balaban J connectivity index is 3.23. The zero-order valence-corrected chi connectivity index (χ0v) is 5.97. The first-order valence-corrected chi connectivity index (χ1v) is 3.03. The van der Waals surface area contributed by atoms with E-state index in [1.165, 1.54) is 19.2 Å². The number of nitrogens with zero attached hydrogens (tertiary/aromatic N) is 1. The maximum absolute atomic E-state index is 12.6. The molecule has 0 atom stereocenters. The highest BCUT2D eigenvalue weighted by Gasteiger charge is 2.06. The highest BCUT2D eigenvalue weighted by Crippen LogP contribution is 2.01. The zero-order chi connectivity index (χ0) is 8.43. The van der Waals surface area contributed by atoms with Crippen molar-refractivity contribution >= 4 is 19.1 Å². The second-order valence-electron chi connectivity index (χ2n) is 2.16. The molecule has 0 N–H and O–H groups in total. The maximum Gasteiger partial charge on any atom is 0.223 e. The quantitative estimate of drug-likeness (QED) is 0.324. The fraction of sp³-hybridized carbons (Fsp3) is 0.143. The summed E-state index contributed by atoms with van der Waals surface area (Å²) in [6.45, 7) is 1.26. The fourth-order valence-corrected chi connectivity index (χ4v) is 0.711. The second kappa shape index (κ2) is 2.82. The average Bonchev–Trinajstić information content (AvgIpc) is 1.94. The van der Waals surface area contributed by atoms with Crippen LogP contribution in [0.5, 0.6) is 0 Å². The van der Waals surface area contributed by atoms with E-state index in [9.17, 15) is 9.18 Å². The summed E-state index contributed by atoms with van der Waals surface area (Å²) in [7, 11) is 5.28. The van der Waals surface area contributed by atoms with E-state index in [-0.39, 0.29) is 16.8 Å². The highest BCUT2D eigenvalue weighted by molar-refractivity contribution is 6.32. The van der Waals surface area contributed by atoms with E-state index in [0.29, 0.717) is 0 Å². The zero-order valence-electron chi connectivity index (χ0n) is 5.97. The van der Waals surface area contributed by atoms with E-state index >= 15 is 0 Å². The van der Waals surface area contributed by atoms with Crippen molar-refractivity contribution in [2.75, 3.05) is 0 Å². The van der Waals surface area contributed by atoms with Crippen LogP contribution in [0.25, 0.3) is 0 Å². The van der Waals surface area contributed by atoms with Crippen LogP contribution in [0.4, 0.5) is 4.39 Å². The largest absolute Gasteiger partial charge is 0.294 e. The summed E-state index contributed by atoms with van der Waals surface area (Å²) < 4.78 is 12.6. The third-order valence-electron chi connectivity index (χ3n) is 1.24. The van der Waals surface area contributed by atoms with Crippen molar-refractivity contribution < 1.29 is 9.18 Å². The summed E-state index contributed by atoms with van der Waals surface area (Å²) in [5, 5.41) is 0. The van der Waals surface area contributed by atoms with Crippen molar-refractivity contribution in [3.05, 3.63) is 23.8 Å². The first-order valence-electron chi connectivity index (χ1n) is 3.03. The van der Waals surface area contributed by atoms with E-state index in [1.54, 1.807) is 0 Å². The first kappa shape index (κ1) is 7.92. The van der Waals surface area contributed by atoms with Crippen molar-refractivity contribution in [2.45, 2.75) is 6.92 Å². The lowest BCUT2D eigenvalue weighted by Crippen LogP contribution is -2.10. The van der Waals surface area contributed by atoms with Gasteiger partial charge in [0.15, 0.2) is 5.78 Å². The Labute approximate surface area is 64.9 Å². The molecule has 0 saturated carbocycles. The molecule has 0 spiro atoms. The van der Waals surface area contributed by atoms with Gasteiger partial charge in [0.05, 0.1) is 5.56 Å². The lowest BCUT2D eigenvalue weighted by Gasteiger charge is -1.97. The van der Waals surface area contributed by atoms with Crippen LogP contribution in [0, 0.1) is 5.95 Å². The molecule has 54 valence electrons. The standard InChI is InChI=1S/C7H5BFNO/c1-4(11)6-2-5(8)3-10-7(6)9/h2-3H,1H3. The SMILES string of the molecule is [B]c1cnc(F)c(C(C)=O)c1. The predicted octanol–water partition coefficient (Wildman–Crippen LogP) is 0.217. The summed E-state index contributed by atoms with van der Waals surface area (Å²) in [5.74, 6) is -1.14. The molecule has 0 fully saturated rings. The summed E-state index contributed by atoms with van der Waals surface area (Å²) >= 11 is 0. The van der Waals surface area contributed by atoms with Crippen LogP contribution in [0.3, 0.4) is 0 Å². The molecule has 0 amide bonds. The number of carbonyl (C=O) groups excluding carboxylic acids is 1. The lowest BCUT2D eigenvalue weighted by molar-refractivity contribution is 0.101. The second-order valence-corrected chi connectivity index (χ2v) is 2.16. The Morgan fingerprint density at radius 1 is 1.73 bits per heavy atom. The Hall–Kier alpha value is -1.19. The summed E-state index contributed by atoms with van der Waals surface area (Å²) in [5.41, 5.74) is 0.224. The van der Waals surface area contributed by atoms with Crippen molar-refractivity contribution in [3.8, 4) is 0 Å². The number of Topliss-reactive ketones (excluding diaryl/α,β-unsaturated/α-hetero) is 1. The van der Waals surface area contributed by atoms with Gasteiger partial charge in [0.1, 0.15) is 7.85 Å². The molecule has 0 unspecified atom stereocenters. The van der Waals surface area contributed by atoms with Gasteiger partial charge < -0.3 is 0 Å². The summed E-state index contributed by atoms with van der Waals surface area (Å²) in [4.78, 5) is 14.0. The molecule has 1 aromatic rings. The van der Waals surface area contributed by atoms with Gasteiger partial charge in [-0.3, -0.25) is 4.79 Å². The molecule has 4 heteroatoms. The number of rotatable bonds is 1. The van der Waals surface area contributed by atoms with Crippen LogP contribution < -0.4 is 5.46 Å². The molecule has 0 saturated heterocycles. The number of hydrogen-bond donors (Lipinski definition) is 0. The minimum atomic E-state index is -0.772. The molecular weight excluding hydrogens is 144 g/mol. The number of aromatic nitrogens is 1. The van der Waals surface area contributed by atoms with Gasteiger partial charge in [-0.1, -0.05) is 11.5 Å². The van der Waals surface area contributed by atoms with Gasteiger partial charge in [0.2, 0.25) is 5.95 Å². The van der Waals surface area contributed by atoms with E-state index in [4.69, 9.17) is 7.85 Å². The molecule has 0 aromatic carbocycles. The molecule has 1 heterocycles. The van der Waals surface area contributed by atoms with E-state index in [1.807, 2.05) is 0 Å². The average molecular weight is 149 g/mol. The number of hydrogen-bond acceptors (Lipinski definition) is 2. The molecule has 2 nitrogen and oxygen atoms in total. The van der Waals surface area contributed by atoms with E-state index < -0.39 is 5.95 Å². The van der Waals surface area contributed by atoms with Crippen molar-refractivity contribution in [3.63, 3.8) is 0 Å². The topological polar surface area (TPSA) is 30.0 Å². The predicted molar refractivity (Wildman–Crippen MR) is 39.6 cm³/mol. The highest BCUT2D eigenvalue weighted by atomic mass is 19.1. The van der Waals surface area contributed by atoms with Crippen LogP contribution in [-0.2, 0) is 0 Å². The Bertz CT molecular complexity index is 300. The monoisotopic (exact) mass is 149 g/mol. The van der Waals surface area contributed by atoms with Crippen LogP contribution in [0.2, 0.25) is 0 Å². The maximum atomic E-state index is 12.6. The van der Waals surface area contributed by atoms with Gasteiger partial charge in [0, 0.05) is 6.20 Å². The van der Waals surface area contributed by atoms with Gasteiger partial charge in [-0.25, -0.2) is 4.98 Å². The normalized spacial score (nSPS) is 9.64. The van der Waals surface area contributed by atoms with Crippen LogP contribution in [0.1, 0.15) is 17.3 Å². The molecular formula is C7H5BFNO. The molecule has 2 radical (unpaired) electrons.